The van der Waals surface area contributed by atoms with Crippen molar-refractivity contribution in [1.29, 1.82) is 0 Å². The molecule has 0 amide bonds. The minimum Gasteiger partial charge on any atom is -0.314 e. The predicted octanol–water partition coefficient (Wildman–Crippen LogP) is 3.81. The second-order valence-electron chi connectivity index (χ2n) is 6.72. The van der Waals surface area contributed by atoms with Gasteiger partial charge in [0, 0.05) is 6.04 Å². The first kappa shape index (κ1) is 15.3. The van der Waals surface area contributed by atoms with Crippen LogP contribution in [-0.4, -0.2) is 37.1 Å². The summed E-state index contributed by atoms with van der Waals surface area (Å²) in [5.74, 6) is 1.03. The largest absolute Gasteiger partial charge is 0.314 e. The van der Waals surface area contributed by atoms with Gasteiger partial charge in [-0.05, 0) is 57.8 Å². The molecular weight excluding hydrogens is 232 g/mol. The highest BCUT2D eigenvalue weighted by molar-refractivity contribution is 4.77. The van der Waals surface area contributed by atoms with Gasteiger partial charge in [-0.1, -0.05) is 45.4 Å². The van der Waals surface area contributed by atoms with E-state index in [1.807, 2.05) is 0 Å². The molecule has 1 saturated carbocycles. The van der Waals surface area contributed by atoms with E-state index in [-0.39, 0.29) is 0 Å². The minimum absolute atomic E-state index is 0.807. The number of nitrogens with zero attached hydrogens (tertiary/aromatic N) is 1. The van der Waals surface area contributed by atoms with E-state index in [2.05, 4.69) is 17.1 Å². The Balaban J connectivity index is 1.50. The van der Waals surface area contributed by atoms with Gasteiger partial charge in [0.2, 0.25) is 0 Å². The molecule has 0 aromatic carbocycles. The molecule has 1 aliphatic heterocycles. The molecule has 0 aromatic heterocycles. The van der Waals surface area contributed by atoms with Crippen LogP contribution in [0.4, 0.5) is 0 Å². The molecule has 0 bridgehead atoms. The van der Waals surface area contributed by atoms with Crippen LogP contribution in [0.2, 0.25) is 0 Å². The highest BCUT2D eigenvalue weighted by atomic mass is 15.1. The highest BCUT2D eigenvalue weighted by Crippen LogP contribution is 2.25. The Morgan fingerprint density at radius 1 is 1.00 bits per heavy atom. The summed E-state index contributed by atoms with van der Waals surface area (Å²) in [6.07, 6.45) is 14.3. The van der Waals surface area contributed by atoms with Gasteiger partial charge in [0.15, 0.2) is 0 Å². The third-order valence-corrected chi connectivity index (χ3v) is 5.13. The van der Waals surface area contributed by atoms with Crippen molar-refractivity contribution in [3.8, 4) is 0 Å². The molecule has 19 heavy (non-hydrogen) atoms. The summed E-state index contributed by atoms with van der Waals surface area (Å²) >= 11 is 0. The summed E-state index contributed by atoms with van der Waals surface area (Å²) in [5.41, 5.74) is 0. The molecule has 2 fully saturated rings. The number of likely N-dealkylation sites (tertiary alicyclic amines) is 1. The van der Waals surface area contributed by atoms with Crippen LogP contribution in [0.3, 0.4) is 0 Å². The molecule has 112 valence electrons. The maximum Gasteiger partial charge on any atom is 0.00914 e. The van der Waals surface area contributed by atoms with Crippen LogP contribution < -0.4 is 5.32 Å². The zero-order chi connectivity index (χ0) is 13.3. The van der Waals surface area contributed by atoms with Gasteiger partial charge in [-0.3, -0.25) is 0 Å². The van der Waals surface area contributed by atoms with Crippen molar-refractivity contribution < 1.29 is 0 Å². The Morgan fingerprint density at radius 2 is 1.74 bits per heavy atom. The van der Waals surface area contributed by atoms with Crippen molar-refractivity contribution in [2.75, 3.05) is 26.2 Å². The van der Waals surface area contributed by atoms with E-state index in [1.54, 1.807) is 0 Å². The third kappa shape index (κ3) is 5.83. The Morgan fingerprint density at radius 3 is 2.42 bits per heavy atom. The van der Waals surface area contributed by atoms with Crippen LogP contribution in [0.5, 0.6) is 0 Å². The van der Waals surface area contributed by atoms with Crippen molar-refractivity contribution in [2.45, 2.75) is 77.2 Å². The number of rotatable bonds is 7. The van der Waals surface area contributed by atoms with Gasteiger partial charge < -0.3 is 10.2 Å². The van der Waals surface area contributed by atoms with Crippen LogP contribution in [0.15, 0.2) is 0 Å². The van der Waals surface area contributed by atoms with Crippen LogP contribution in [-0.2, 0) is 0 Å². The summed E-state index contributed by atoms with van der Waals surface area (Å²) in [7, 11) is 0. The zero-order valence-electron chi connectivity index (χ0n) is 13.0. The number of piperidine rings is 1. The lowest BCUT2D eigenvalue weighted by atomic mass is 9.87. The van der Waals surface area contributed by atoms with E-state index in [9.17, 15) is 0 Å². The van der Waals surface area contributed by atoms with Crippen molar-refractivity contribution in [2.24, 2.45) is 5.92 Å². The Labute approximate surface area is 120 Å². The van der Waals surface area contributed by atoms with E-state index in [0.717, 1.165) is 12.0 Å². The van der Waals surface area contributed by atoms with Crippen LogP contribution in [0, 0.1) is 5.92 Å². The first-order valence-corrected chi connectivity index (χ1v) is 8.84. The molecule has 2 nitrogen and oxygen atoms in total. The molecule has 0 unspecified atom stereocenters. The molecule has 2 rings (SSSR count). The van der Waals surface area contributed by atoms with Crippen molar-refractivity contribution in [3.63, 3.8) is 0 Å². The van der Waals surface area contributed by atoms with Crippen molar-refractivity contribution >= 4 is 0 Å². The molecule has 1 heterocycles. The molecule has 0 spiro atoms. The SMILES string of the molecule is CCCCN1CCC(NCCC2CCCCC2)CC1. The first-order valence-electron chi connectivity index (χ1n) is 8.84. The Hall–Kier alpha value is -0.0800. The van der Waals surface area contributed by atoms with E-state index in [1.165, 1.54) is 90.4 Å². The summed E-state index contributed by atoms with van der Waals surface area (Å²) in [4.78, 5) is 2.66. The van der Waals surface area contributed by atoms with Crippen LogP contribution in [0.1, 0.15) is 71.1 Å². The number of unbranched alkanes of at least 4 members (excludes halogenated alkanes) is 1. The van der Waals surface area contributed by atoms with E-state index < -0.39 is 0 Å². The topological polar surface area (TPSA) is 15.3 Å². The van der Waals surface area contributed by atoms with E-state index in [4.69, 9.17) is 0 Å². The summed E-state index contributed by atoms with van der Waals surface area (Å²) in [6, 6.07) is 0.807. The first-order chi connectivity index (χ1) is 9.38. The third-order valence-electron chi connectivity index (χ3n) is 5.13. The quantitative estimate of drug-likeness (QED) is 0.754. The maximum absolute atomic E-state index is 3.82. The fraction of sp³-hybridized carbons (Fsp3) is 1.00. The predicted molar refractivity (Wildman–Crippen MR) is 83.6 cm³/mol. The molecule has 0 aromatic rings. The van der Waals surface area contributed by atoms with Gasteiger partial charge in [0.05, 0.1) is 0 Å². The van der Waals surface area contributed by atoms with Crippen molar-refractivity contribution in [1.82, 2.24) is 10.2 Å². The number of nitrogens with one attached hydrogen (secondary N) is 1. The van der Waals surface area contributed by atoms with E-state index >= 15 is 0 Å². The average molecular weight is 266 g/mol. The fourth-order valence-electron chi connectivity index (χ4n) is 3.71. The van der Waals surface area contributed by atoms with Crippen molar-refractivity contribution in [3.05, 3.63) is 0 Å². The lowest BCUT2D eigenvalue weighted by Gasteiger charge is -2.33. The summed E-state index contributed by atoms with van der Waals surface area (Å²) < 4.78 is 0. The monoisotopic (exact) mass is 266 g/mol. The number of hydrogen-bond donors (Lipinski definition) is 1. The average Bonchev–Trinajstić information content (AvgIpc) is 2.47. The smallest absolute Gasteiger partial charge is 0.00914 e. The fourth-order valence-corrected chi connectivity index (χ4v) is 3.71. The molecule has 1 aliphatic carbocycles. The van der Waals surface area contributed by atoms with Crippen LogP contribution in [0.25, 0.3) is 0 Å². The normalized spacial score (nSPS) is 23.8. The van der Waals surface area contributed by atoms with Gasteiger partial charge in [-0.25, -0.2) is 0 Å². The minimum atomic E-state index is 0.807. The standard InChI is InChI=1S/C17H34N2/c1-2-3-13-19-14-10-17(11-15-19)18-12-9-16-7-5-4-6-8-16/h16-18H,2-15H2,1H3. The molecule has 0 radical (unpaired) electrons. The van der Waals surface area contributed by atoms with Gasteiger partial charge in [0.1, 0.15) is 0 Å². The molecule has 2 aliphatic rings. The lowest BCUT2D eigenvalue weighted by Crippen LogP contribution is -2.43. The molecule has 2 heteroatoms. The highest BCUT2D eigenvalue weighted by Gasteiger charge is 2.19. The van der Waals surface area contributed by atoms with Gasteiger partial charge in [0.25, 0.3) is 0 Å². The number of hydrogen-bond acceptors (Lipinski definition) is 2. The molecule has 0 atom stereocenters. The molecule has 1 N–H and O–H groups in total. The second kappa shape index (κ2) is 8.97. The van der Waals surface area contributed by atoms with Crippen LogP contribution >= 0.6 is 0 Å². The van der Waals surface area contributed by atoms with E-state index in [0.29, 0.717) is 0 Å². The Bertz CT molecular complexity index is 215. The molecular formula is C17H34N2. The van der Waals surface area contributed by atoms with Gasteiger partial charge in [-0.15, -0.1) is 0 Å². The summed E-state index contributed by atoms with van der Waals surface area (Å²) in [6.45, 7) is 7.53. The lowest BCUT2D eigenvalue weighted by molar-refractivity contribution is 0.193. The Kier molecular flexibility index (Phi) is 7.23. The van der Waals surface area contributed by atoms with Gasteiger partial charge in [-0.2, -0.15) is 0 Å². The molecule has 1 saturated heterocycles. The summed E-state index contributed by atoms with van der Waals surface area (Å²) in [5, 5.41) is 3.82. The van der Waals surface area contributed by atoms with Gasteiger partial charge >= 0.3 is 0 Å². The maximum atomic E-state index is 3.82. The zero-order valence-corrected chi connectivity index (χ0v) is 13.0. The second-order valence-corrected chi connectivity index (χ2v) is 6.72.